The number of nitriles is 1. The maximum absolute atomic E-state index is 12.5. The molecule has 3 aromatic carbocycles. The minimum atomic E-state index is -0.546. The largest absolute Gasteiger partial charge is 0.490 e. The number of nitrogens with one attached hydrogen (secondary N) is 1. The Morgan fingerprint density at radius 1 is 1.00 bits per heavy atom. The minimum absolute atomic E-state index is 0.0703. The molecular weight excluding hydrogens is 483 g/mol. The first kappa shape index (κ1) is 24.5. The van der Waals surface area contributed by atoms with Crippen LogP contribution in [0.4, 0.5) is 5.69 Å². The van der Waals surface area contributed by atoms with Gasteiger partial charge in [-0.25, -0.2) is 0 Å². The minimum Gasteiger partial charge on any atom is -0.490 e. The second-order valence-electron chi connectivity index (χ2n) is 6.80. The summed E-state index contributed by atoms with van der Waals surface area (Å²) >= 11 is 18.1. The third-order valence-corrected chi connectivity index (χ3v) is 5.25. The summed E-state index contributed by atoms with van der Waals surface area (Å²) < 4.78 is 11.6. The van der Waals surface area contributed by atoms with Crippen molar-refractivity contribution in [3.63, 3.8) is 0 Å². The number of nitrogens with zero attached hydrogens (tertiary/aromatic N) is 1. The summed E-state index contributed by atoms with van der Waals surface area (Å²) in [5.74, 6) is 0.432. The van der Waals surface area contributed by atoms with Gasteiger partial charge in [0, 0.05) is 26.3 Å². The Bertz CT molecular complexity index is 1240. The first-order chi connectivity index (χ1) is 15.9. The molecule has 0 saturated carbocycles. The lowest BCUT2D eigenvalue weighted by Crippen LogP contribution is -2.13. The monoisotopic (exact) mass is 500 g/mol. The number of ether oxygens (including phenoxy) is 2. The maximum Gasteiger partial charge on any atom is 0.266 e. The van der Waals surface area contributed by atoms with Gasteiger partial charge in [-0.3, -0.25) is 4.79 Å². The Labute approximate surface area is 207 Å². The lowest BCUT2D eigenvalue weighted by molar-refractivity contribution is -0.112. The second kappa shape index (κ2) is 11.6. The van der Waals surface area contributed by atoms with Gasteiger partial charge in [0.05, 0.1) is 6.61 Å². The Hall–Kier alpha value is -3.17. The molecule has 0 bridgehead atoms. The lowest BCUT2D eigenvalue weighted by atomic mass is 10.1. The van der Waals surface area contributed by atoms with Crippen molar-refractivity contribution in [1.29, 1.82) is 5.26 Å². The fourth-order valence-electron chi connectivity index (χ4n) is 2.88. The molecule has 168 valence electrons. The van der Waals surface area contributed by atoms with E-state index >= 15 is 0 Å². The molecule has 1 N–H and O–H groups in total. The molecule has 3 aromatic rings. The number of rotatable bonds is 8. The number of hydrogen-bond acceptors (Lipinski definition) is 4. The number of benzene rings is 3. The summed E-state index contributed by atoms with van der Waals surface area (Å²) in [6.07, 6.45) is 1.47. The van der Waals surface area contributed by atoms with Crippen LogP contribution in [0.1, 0.15) is 18.1 Å². The molecule has 0 radical (unpaired) electrons. The maximum atomic E-state index is 12.5. The van der Waals surface area contributed by atoms with E-state index in [4.69, 9.17) is 44.3 Å². The molecule has 0 aliphatic rings. The molecule has 8 heteroatoms. The van der Waals surface area contributed by atoms with Crippen LogP contribution in [-0.4, -0.2) is 12.5 Å². The number of carbonyl (C=O) groups excluding carboxylic acids is 1. The summed E-state index contributed by atoms with van der Waals surface area (Å²) in [6, 6.07) is 18.9. The van der Waals surface area contributed by atoms with Gasteiger partial charge in [-0.1, -0.05) is 53.0 Å². The van der Waals surface area contributed by atoms with E-state index in [2.05, 4.69) is 5.32 Å². The van der Waals surface area contributed by atoms with Crippen LogP contribution in [0.15, 0.2) is 66.2 Å². The second-order valence-corrected chi connectivity index (χ2v) is 8.08. The van der Waals surface area contributed by atoms with Gasteiger partial charge in [0.2, 0.25) is 0 Å². The third kappa shape index (κ3) is 6.90. The van der Waals surface area contributed by atoms with Crippen LogP contribution >= 0.6 is 34.8 Å². The van der Waals surface area contributed by atoms with Gasteiger partial charge in [-0.2, -0.15) is 5.26 Å². The van der Waals surface area contributed by atoms with Crippen LogP contribution in [0.5, 0.6) is 11.5 Å². The Balaban J connectivity index is 1.79. The molecule has 1 amide bonds. The molecular formula is C25H19Cl3N2O3. The zero-order valence-corrected chi connectivity index (χ0v) is 19.8. The van der Waals surface area contributed by atoms with Crippen LogP contribution in [-0.2, 0) is 11.4 Å². The fraction of sp³-hybridized carbons (Fsp3) is 0.120. The van der Waals surface area contributed by atoms with E-state index in [1.807, 2.05) is 13.0 Å². The average Bonchev–Trinajstić information content (AvgIpc) is 2.78. The van der Waals surface area contributed by atoms with Gasteiger partial charge in [0.15, 0.2) is 11.5 Å². The Morgan fingerprint density at radius 2 is 1.79 bits per heavy atom. The molecule has 0 aromatic heterocycles. The Kier molecular flexibility index (Phi) is 8.62. The third-order valence-electron chi connectivity index (χ3n) is 4.42. The van der Waals surface area contributed by atoms with E-state index in [1.54, 1.807) is 60.7 Å². The number of amides is 1. The molecule has 0 unspecified atom stereocenters. The summed E-state index contributed by atoms with van der Waals surface area (Å²) in [5.41, 5.74) is 1.80. The fourth-order valence-corrected chi connectivity index (χ4v) is 3.53. The number of halogens is 3. The molecule has 0 aliphatic carbocycles. The number of hydrogen-bond donors (Lipinski definition) is 1. The van der Waals surface area contributed by atoms with Crippen molar-refractivity contribution in [1.82, 2.24) is 0 Å². The summed E-state index contributed by atoms with van der Waals surface area (Å²) in [4.78, 5) is 12.5. The standard InChI is InChI=1S/C25H19Cl3N2O3/c1-2-32-24-11-16(6-9-23(24)33-15-17-7-8-20(27)13-22(17)28)10-18(14-29)25(31)30-21-5-3-4-19(26)12-21/h3-13H,2,15H2,1H3,(H,30,31)/b18-10-. The summed E-state index contributed by atoms with van der Waals surface area (Å²) in [6.45, 7) is 2.48. The van der Waals surface area contributed by atoms with Gasteiger partial charge >= 0.3 is 0 Å². The summed E-state index contributed by atoms with van der Waals surface area (Å²) in [7, 11) is 0. The molecule has 3 rings (SSSR count). The molecule has 0 aliphatic heterocycles. The van der Waals surface area contributed by atoms with Gasteiger partial charge in [0.1, 0.15) is 18.2 Å². The SMILES string of the molecule is CCOc1cc(/C=C(/C#N)C(=O)Nc2cccc(Cl)c2)ccc1OCc1ccc(Cl)cc1Cl. The number of anilines is 1. The highest BCUT2D eigenvalue weighted by Crippen LogP contribution is 2.31. The van der Waals surface area contributed by atoms with Crippen molar-refractivity contribution >= 4 is 52.5 Å². The van der Waals surface area contributed by atoms with Crippen LogP contribution < -0.4 is 14.8 Å². The lowest BCUT2D eigenvalue weighted by Gasteiger charge is -2.13. The van der Waals surface area contributed by atoms with Gasteiger partial charge in [-0.15, -0.1) is 0 Å². The van der Waals surface area contributed by atoms with Crippen molar-refractivity contribution in [2.75, 3.05) is 11.9 Å². The van der Waals surface area contributed by atoms with Crippen LogP contribution in [0, 0.1) is 11.3 Å². The van der Waals surface area contributed by atoms with Crippen molar-refractivity contribution in [2.45, 2.75) is 13.5 Å². The normalized spacial score (nSPS) is 10.9. The molecule has 0 fully saturated rings. The predicted molar refractivity (Wildman–Crippen MR) is 132 cm³/mol. The topological polar surface area (TPSA) is 71.3 Å². The van der Waals surface area contributed by atoms with Gasteiger partial charge in [0.25, 0.3) is 5.91 Å². The predicted octanol–water partition coefficient (Wildman–Crippen LogP) is 7.17. The first-order valence-corrected chi connectivity index (χ1v) is 11.0. The first-order valence-electron chi connectivity index (χ1n) is 9.92. The van der Waals surface area contributed by atoms with E-state index in [-0.39, 0.29) is 12.2 Å². The molecule has 33 heavy (non-hydrogen) atoms. The van der Waals surface area contributed by atoms with Crippen molar-refractivity contribution < 1.29 is 14.3 Å². The van der Waals surface area contributed by atoms with E-state index < -0.39 is 5.91 Å². The molecule has 0 atom stereocenters. The number of carbonyl (C=O) groups is 1. The highest BCUT2D eigenvalue weighted by Gasteiger charge is 2.12. The van der Waals surface area contributed by atoms with Gasteiger partial charge in [-0.05, 0) is 61.0 Å². The smallest absolute Gasteiger partial charge is 0.266 e. The van der Waals surface area contributed by atoms with Crippen molar-refractivity contribution in [3.8, 4) is 17.6 Å². The highest BCUT2D eigenvalue weighted by atomic mass is 35.5. The summed E-state index contributed by atoms with van der Waals surface area (Å²) in [5, 5.41) is 13.7. The van der Waals surface area contributed by atoms with E-state index in [1.165, 1.54) is 6.08 Å². The zero-order valence-electron chi connectivity index (χ0n) is 17.6. The highest BCUT2D eigenvalue weighted by molar-refractivity contribution is 6.35. The molecule has 0 heterocycles. The van der Waals surface area contributed by atoms with E-state index in [0.717, 1.165) is 5.56 Å². The average molecular weight is 502 g/mol. The van der Waals surface area contributed by atoms with Crippen molar-refractivity contribution in [3.05, 3.63) is 92.4 Å². The van der Waals surface area contributed by atoms with Crippen LogP contribution in [0.2, 0.25) is 15.1 Å². The molecule has 0 saturated heterocycles. The molecule has 5 nitrogen and oxygen atoms in total. The Morgan fingerprint density at radius 3 is 2.48 bits per heavy atom. The zero-order chi connectivity index (χ0) is 23.8. The van der Waals surface area contributed by atoms with Crippen LogP contribution in [0.25, 0.3) is 6.08 Å². The quantitative estimate of drug-likeness (QED) is 0.262. The molecule has 0 spiro atoms. The van der Waals surface area contributed by atoms with Gasteiger partial charge < -0.3 is 14.8 Å². The van der Waals surface area contributed by atoms with E-state index in [9.17, 15) is 10.1 Å². The van der Waals surface area contributed by atoms with Crippen LogP contribution in [0.3, 0.4) is 0 Å². The van der Waals surface area contributed by atoms with Crippen molar-refractivity contribution in [2.24, 2.45) is 0 Å². The van der Waals surface area contributed by atoms with E-state index in [0.29, 0.717) is 44.4 Å².